The molecule has 0 aliphatic carbocycles. The second-order valence-electron chi connectivity index (χ2n) is 4.11. The molecule has 112 valence electrons. The van der Waals surface area contributed by atoms with Gasteiger partial charge in [-0.3, -0.25) is 4.79 Å². The summed E-state index contributed by atoms with van der Waals surface area (Å²) < 4.78 is 3.06. The summed E-state index contributed by atoms with van der Waals surface area (Å²) in [5.74, 6) is 0. The molecule has 1 saturated heterocycles. The maximum Gasteiger partial charge on any atom is 0.242 e. The summed E-state index contributed by atoms with van der Waals surface area (Å²) in [6.07, 6.45) is 5.22. The van der Waals surface area contributed by atoms with Gasteiger partial charge < -0.3 is 14.6 Å². The summed E-state index contributed by atoms with van der Waals surface area (Å²) in [5, 5.41) is 10.0. The highest BCUT2D eigenvalue weighted by Crippen LogP contribution is 2.30. The van der Waals surface area contributed by atoms with Gasteiger partial charge in [0, 0.05) is 13.1 Å². The van der Waals surface area contributed by atoms with Gasteiger partial charge in [-0.25, -0.2) is 0 Å². The predicted molar refractivity (Wildman–Crippen MR) is 95.2 cm³/mol. The third-order valence-electron chi connectivity index (χ3n) is 2.96. The van der Waals surface area contributed by atoms with Crippen molar-refractivity contribution in [3.8, 4) is 5.06 Å². The van der Waals surface area contributed by atoms with Gasteiger partial charge >= 0.3 is 0 Å². The molecule has 2 heterocycles. The van der Waals surface area contributed by atoms with Gasteiger partial charge in [-0.05, 0) is 50.0 Å². The van der Waals surface area contributed by atoms with Crippen LogP contribution in [0.15, 0.2) is 17.8 Å². The minimum absolute atomic E-state index is 0.0478. The molecule has 1 N–H and O–H groups in total. The van der Waals surface area contributed by atoms with Crippen molar-refractivity contribution in [3.05, 3.63) is 27.5 Å². The van der Waals surface area contributed by atoms with Gasteiger partial charge in [-0.1, -0.05) is 29.6 Å². The van der Waals surface area contributed by atoms with E-state index in [0.29, 0.717) is 32.8 Å². The van der Waals surface area contributed by atoms with Crippen molar-refractivity contribution < 1.29 is 9.90 Å². The average molecular weight is 359 g/mol. The number of likely N-dealkylation sites (N-methyl/N-ethyl adjacent to an activating group) is 1. The Morgan fingerprint density at radius 3 is 2.62 bits per heavy atom. The minimum atomic E-state index is -0.0478. The fourth-order valence-corrected chi connectivity index (χ4v) is 4.43. The van der Waals surface area contributed by atoms with E-state index in [1.165, 1.54) is 11.3 Å². The largest absolute Gasteiger partial charge is 0.498 e. The number of carbonyl (C=O) groups is 1. The van der Waals surface area contributed by atoms with Gasteiger partial charge in [0.05, 0.1) is 11.4 Å². The average Bonchev–Trinajstić information content (AvgIpc) is 2.86. The zero-order chi connectivity index (χ0) is 15.6. The number of aromatic nitrogens is 1. The normalized spacial score (nSPS) is 17.6. The summed E-state index contributed by atoms with van der Waals surface area (Å²) in [7, 11) is 0. The van der Waals surface area contributed by atoms with E-state index in [0.717, 1.165) is 11.8 Å². The summed E-state index contributed by atoms with van der Waals surface area (Å²) in [5.41, 5.74) is 1.23. The predicted octanol–water partition coefficient (Wildman–Crippen LogP) is 3.78. The number of carbonyl (C=O) groups excluding carboxylic acids is 1. The van der Waals surface area contributed by atoms with Crippen molar-refractivity contribution in [1.82, 2.24) is 9.47 Å². The molecule has 0 saturated carbocycles. The second-order valence-corrected chi connectivity index (χ2v) is 7.34. The van der Waals surface area contributed by atoms with Gasteiger partial charge in [0.15, 0.2) is 9.02 Å². The summed E-state index contributed by atoms with van der Waals surface area (Å²) in [6, 6.07) is 0. The van der Waals surface area contributed by atoms with Gasteiger partial charge in [-0.15, -0.1) is 0 Å². The number of rotatable bonds is 4. The number of nitrogens with zero attached hydrogens (tertiary/aromatic N) is 2. The molecule has 21 heavy (non-hydrogen) atoms. The van der Waals surface area contributed by atoms with Crippen LogP contribution >= 0.6 is 47.5 Å². The number of hydrogen-bond acceptors (Lipinski definition) is 6. The maximum atomic E-state index is 11.9. The van der Waals surface area contributed by atoms with Crippen molar-refractivity contribution in [2.75, 3.05) is 6.54 Å². The summed E-state index contributed by atoms with van der Waals surface area (Å²) in [6.45, 7) is 5.26. The Bertz CT molecular complexity index is 700. The number of allylic oxidation sites excluding steroid dienone is 2. The van der Waals surface area contributed by atoms with Crippen LogP contribution in [0.4, 0.5) is 0 Å². The molecule has 8 heteroatoms. The van der Waals surface area contributed by atoms with E-state index < -0.39 is 0 Å². The molecule has 0 atom stereocenters. The van der Waals surface area contributed by atoms with Crippen molar-refractivity contribution in [3.63, 3.8) is 0 Å². The quantitative estimate of drug-likeness (QED) is 0.653. The molecule has 0 spiro atoms. The van der Waals surface area contributed by atoms with Crippen LogP contribution in [-0.4, -0.2) is 30.6 Å². The van der Waals surface area contributed by atoms with Crippen LogP contribution in [0, 0.1) is 3.95 Å². The van der Waals surface area contributed by atoms with E-state index in [2.05, 4.69) is 0 Å². The maximum absolute atomic E-state index is 11.9. The first-order valence-corrected chi connectivity index (χ1v) is 8.79. The van der Waals surface area contributed by atoms with Gasteiger partial charge in [0.2, 0.25) is 5.12 Å². The molecule has 1 aliphatic rings. The zero-order valence-corrected chi connectivity index (χ0v) is 14.8. The minimum Gasteiger partial charge on any atom is -0.498 e. The molecular weight excluding hydrogens is 344 g/mol. The Kier molecular flexibility index (Phi) is 5.37. The van der Waals surface area contributed by atoms with Gasteiger partial charge in [-0.2, -0.15) is 0 Å². The highest BCUT2D eigenvalue weighted by Gasteiger charge is 2.29. The Morgan fingerprint density at radius 1 is 1.29 bits per heavy atom. The van der Waals surface area contributed by atoms with Crippen LogP contribution in [0.1, 0.15) is 19.5 Å². The second kappa shape index (κ2) is 6.87. The highest BCUT2D eigenvalue weighted by atomic mass is 32.2. The Labute approximate surface area is 141 Å². The molecule has 2 rings (SSSR count). The fourth-order valence-electron chi connectivity index (χ4n) is 1.95. The monoisotopic (exact) mass is 358 g/mol. The lowest BCUT2D eigenvalue weighted by atomic mass is 10.3. The van der Waals surface area contributed by atoms with Crippen molar-refractivity contribution in [2.45, 2.75) is 20.4 Å². The van der Waals surface area contributed by atoms with Crippen LogP contribution in [0.3, 0.4) is 0 Å². The van der Waals surface area contributed by atoms with Crippen LogP contribution in [0.25, 0.3) is 6.08 Å². The molecule has 1 aromatic rings. The van der Waals surface area contributed by atoms with E-state index in [1.807, 2.05) is 18.4 Å². The Morgan fingerprint density at radius 2 is 2.00 bits per heavy atom. The lowest BCUT2D eigenvalue weighted by Crippen LogP contribution is -2.21. The van der Waals surface area contributed by atoms with Crippen molar-refractivity contribution in [2.24, 2.45) is 0 Å². The van der Waals surface area contributed by atoms with E-state index in [4.69, 9.17) is 24.4 Å². The third kappa shape index (κ3) is 3.28. The third-order valence-corrected chi connectivity index (χ3v) is 5.48. The Balaban J connectivity index is 2.30. The summed E-state index contributed by atoms with van der Waals surface area (Å²) >= 11 is 12.6. The molecule has 0 aromatic carbocycles. The molecule has 0 radical (unpaired) electrons. The molecule has 1 aliphatic heterocycles. The smallest absolute Gasteiger partial charge is 0.242 e. The molecule has 4 nitrogen and oxygen atoms in total. The molecule has 0 unspecified atom stereocenters. The number of thiocarbonyl (C=S) groups is 1. The van der Waals surface area contributed by atoms with E-state index >= 15 is 0 Å². The molecule has 0 amide bonds. The van der Waals surface area contributed by atoms with E-state index in [9.17, 15) is 9.90 Å². The fraction of sp³-hybridized carbons (Fsp3) is 0.308. The topological polar surface area (TPSA) is 45.5 Å². The van der Waals surface area contributed by atoms with E-state index in [1.54, 1.807) is 23.1 Å². The zero-order valence-electron chi connectivity index (χ0n) is 11.5. The number of thioether (sulfide) groups is 1. The SMILES string of the molecule is CCN1C(=S)SC(=O)/C1=C\C=C\c1c(O)sc(=S)n1CC. The van der Waals surface area contributed by atoms with Crippen LogP contribution in [-0.2, 0) is 11.3 Å². The number of hydrogen-bond donors (Lipinski definition) is 1. The number of aromatic hydroxyl groups is 1. The van der Waals surface area contributed by atoms with Crippen molar-refractivity contribution >= 4 is 63.0 Å². The highest BCUT2D eigenvalue weighted by molar-refractivity contribution is 8.33. The first kappa shape index (κ1) is 16.4. The van der Waals surface area contributed by atoms with Crippen LogP contribution in [0.2, 0.25) is 0 Å². The van der Waals surface area contributed by atoms with Crippen molar-refractivity contribution in [1.29, 1.82) is 0 Å². The lowest BCUT2D eigenvalue weighted by Gasteiger charge is -2.13. The van der Waals surface area contributed by atoms with Gasteiger partial charge in [0.1, 0.15) is 4.32 Å². The summed E-state index contributed by atoms with van der Waals surface area (Å²) in [4.78, 5) is 13.7. The van der Waals surface area contributed by atoms with Crippen LogP contribution < -0.4 is 0 Å². The number of thiazole rings is 1. The van der Waals surface area contributed by atoms with E-state index in [-0.39, 0.29) is 10.2 Å². The molecule has 1 aromatic heterocycles. The van der Waals surface area contributed by atoms with Gasteiger partial charge in [0.25, 0.3) is 0 Å². The Hall–Kier alpha value is -0.960. The first-order chi connectivity index (χ1) is 9.99. The molecular formula is C13H14N2O2S4. The van der Waals surface area contributed by atoms with Crippen LogP contribution in [0.5, 0.6) is 5.06 Å². The lowest BCUT2D eigenvalue weighted by molar-refractivity contribution is -0.108. The first-order valence-electron chi connectivity index (χ1n) is 6.34. The standard InChI is InChI=1S/C13H14N2O2S4/c1-3-14-8(10(16)20-12(14)18)6-5-7-9-11(17)21-13(19)15(9)4-2/h5-7,16H,3-4H2,1-2H3/b6-5+,9-7+. The molecule has 1 fully saturated rings. The molecule has 0 bridgehead atoms.